The summed E-state index contributed by atoms with van der Waals surface area (Å²) in [5, 5.41) is 1.02. The van der Waals surface area contributed by atoms with Gasteiger partial charge in [-0.2, -0.15) is 0 Å². The van der Waals surface area contributed by atoms with Crippen molar-refractivity contribution in [3.63, 3.8) is 0 Å². The van der Waals surface area contributed by atoms with Crippen LogP contribution in [0.2, 0.25) is 0 Å². The first-order valence-corrected chi connectivity index (χ1v) is 13.4. The van der Waals surface area contributed by atoms with Crippen LogP contribution in [0.3, 0.4) is 0 Å². The molecule has 0 spiro atoms. The molecular formula is C32H33N3O2. The number of hydrogen-bond acceptors (Lipinski definition) is 4. The molecule has 2 aliphatic heterocycles. The maximum absolute atomic E-state index is 13.1. The van der Waals surface area contributed by atoms with Gasteiger partial charge in [0.15, 0.2) is 6.61 Å². The Morgan fingerprint density at radius 1 is 0.865 bits per heavy atom. The first-order chi connectivity index (χ1) is 18.2. The summed E-state index contributed by atoms with van der Waals surface area (Å²) < 4.78 is 6.10. The molecule has 0 N–H and O–H groups in total. The van der Waals surface area contributed by atoms with E-state index >= 15 is 0 Å². The summed E-state index contributed by atoms with van der Waals surface area (Å²) in [7, 11) is 0. The lowest BCUT2D eigenvalue weighted by molar-refractivity contribution is -0.120. The predicted octanol–water partition coefficient (Wildman–Crippen LogP) is 6.05. The normalized spacial score (nSPS) is 16.0. The van der Waals surface area contributed by atoms with Gasteiger partial charge in [0.25, 0.3) is 5.91 Å². The highest BCUT2D eigenvalue weighted by molar-refractivity contribution is 5.96. The molecule has 3 heterocycles. The molecule has 2 aliphatic rings. The molecule has 3 aromatic carbocycles. The molecule has 6 rings (SSSR count). The van der Waals surface area contributed by atoms with Gasteiger partial charge in [0.2, 0.25) is 0 Å². The zero-order valence-electron chi connectivity index (χ0n) is 21.2. The largest absolute Gasteiger partial charge is 0.481 e. The zero-order valence-corrected chi connectivity index (χ0v) is 21.2. The van der Waals surface area contributed by atoms with Gasteiger partial charge in [-0.05, 0) is 73.4 Å². The van der Waals surface area contributed by atoms with E-state index in [9.17, 15) is 4.79 Å². The number of benzene rings is 3. The Labute approximate surface area is 218 Å². The summed E-state index contributed by atoms with van der Waals surface area (Å²) in [6, 6.07) is 29.1. The molecule has 4 aromatic rings. The molecule has 5 nitrogen and oxygen atoms in total. The smallest absolute Gasteiger partial charge is 0.264 e. The number of nitrogens with zero attached hydrogens (tertiary/aromatic N) is 3. The molecule has 0 saturated carbocycles. The highest BCUT2D eigenvalue weighted by Crippen LogP contribution is 2.30. The molecule has 0 radical (unpaired) electrons. The molecule has 0 bridgehead atoms. The number of rotatable bonds is 6. The number of pyridine rings is 1. The number of aromatic nitrogens is 1. The highest BCUT2D eigenvalue weighted by Gasteiger charge is 2.23. The van der Waals surface area contributed by atoms with E-state index in [1.54, 1.807) is 0 Å². The molecule has 37 heavy (non-hydrogen) atoms. The third-order valence-electron chi connectivity index (χ3n) is 7.74. The van der Waals surface area contributed by atoms with Gasteiger partial charge in [-0.25, -0.2) is 4.98 Å². The van der Waals surface area contributed by atoms with Crippen molar-refractivity contribution in [1.82, 2.24) is 4.98 Å². The molecule has 1 saturated heterocycles. The Bertz CT molecular complexity index is 1380. The van der Waals surface area contributed by atoms with Crippen LogP contribution in [-0.2, 0) is 17.6 Å². The molecule has 1 amide bonds. The summed E-state index contributed by atoms with van der Waals surface area (Å²) in [4.78, 5) is 22.4. The minimum absolute atomic E-state index is 0.00420. The van der Waals surface area contributed by atoms with Crippen LogP contribution in [0.4, 0.5) is 11.5 Å². The van der Waals surface area contributed by atoms with Crippen LogP contribution >= 0.6 is 0 Å². The lowest BCUT2D eigenvalue weighted by Crippen LogP contribution is -2.38. The standard InChI is InChI=1S/C32H33N3O2/c36-31(35-19-7-12-26-10-4-5-13-28(26)35)23-37-29-14-6-11-27-15-16-30(33-32(27)29)34-20-17-25(18-21-34)22-24-8-2-1-3-9-24/h1-6,8-11,13-16,25H,7,12,17-23H2. The van der Waals surface area contributed by atoms with Crippen molar-refractivity contribution in [2.45, 2.75) is 32.1 Å². The maximum atomic E-state index is 13.1. The second-order valence-electron chi connectivity index (χ2n) is 10.2. The third kappa shape index (κ3) is 5.17. The van der Waals surface area contributed by atoms with Gasteiger partial charge in [-0.3, -0.25) is 4.79 Å². The van der Waals surface area contributed by atoms with E-state index in [-0.39, 0.29) is 12.5 Å². The minimum atomic E-state index is -0.0132. The fourth-order valence-electron chi connectivity index (χ4n) is 5.73. The van der Waals surface area contributed by atoms with Crippen molar-refractivity contribution in [2.24, 2.45) is 5.92 Å². The average molecular weight is 492 g/mol. The van der Waals surface area contributed by atoms with E-state index in [1.165, 1.54) is 24.0 Å². The van der Waals surface area contributed by atoms with Crippen molar-refractivity contribution in [2.75, 3.05) is 36.0 Å². The van der Waals surface area contributed by atoms with Crippen LogP contribution in [0, 0.1) is 5.92 Å². The summed E-state index contributed by atoms with van der Waals surface area (Å²) in [6.45, 7) is 2.75. The van der Waals surface area contributed by atoms with Crippen LogP contribution in [0.5, 0.6) is 5.75 Å². The predicted molar refractivity (Wildman–Crippen MR) is 149 cm³/mol. The Balaban J connectivity index is 1.13. The SMILES string of the molecule is O=C(COc1cccc2ccc(N3CCC(Cc4ccccc4)CC3)nc12)N1CCCc2ccccc21. The molecule has 0 unspecified atom stereocenters. The number of carbonyl (C=O) groups is 1. The first-order valence-electron chi connectivity index (χ1n) is 13.4. The fourth-order valence-corrected chi connectivity index (χ4v) is 5.73. The summed E-state index contributed by atoms with van der Waals surface area (Å²) in [6.07, 6.45) is 5.47. The number of para-hydroxylation sites is 2. The number of carbonyl (C=O) groups excluding carboxylic acids is 1. The molecular weight excluding hydrogens is 458 g/mol. The topological polar surface area (TPSA) is 45.7 Å². The number of fused-ring (bicyclic) bond motifs is 2. The Morgan fingerprint density at radius 3 is 2.54 bits per heavy atom. The van der Waals surface area contributed by atoms with Gasteiger partial charge in [0.1, 0.15) is 17.1 Å². The van der Waals surface area contributed by atoms with Gasteiger partial charge in [-0.15, -0.1) is 0 Å². The summed E-state index contributed by atoms with van der Waals surface area (Å²) in [5.74, 6) is 2.35. The van der Waals surface area contributed by atoms with E-state index in [2.05, 4.69) is 53.4 Å². The number of piperidine rings is 1. The number of ether oxygens (including phenoxy) is 1. The van der Waals surface area contributed by atoms with Gasteiger partial charge < -0.3 is 14.5 Å². The maximum Gasteiger partial charge on any atom is 0.264 e. The molecule has 0 aliphatic carbocycles. The monoisotopic (exact) mass is 491 g/mol. The first kappa shape index (κ1) is 23.5. The lowest BCUT2D eigenvalue weighted by Gasteiger charge is -2.33. The Morgan fingerprint density at radius 2 is 1.68 bits per heavy atom. The number of amides is 1. The van der Waals surface area contributed by atoms with Crippen LogP contribution in [0.15, 0.2) is 84.9 Å². The van der Waals surface area contributed by atoms with Gasteiger partial charge >= 0.3 is 0 Å². The number of hydrogen-bond donors (Lipinski definition) is 0. The van der Waals surface area contributed by atoms with E-state index < -0.39 is 0 Å². The minimum Gasteiger partial charge on any atom is -0.481 e. The molecule has 1 aromatic heterocycles. The number of aryl methyl sites for hydroxylation is 1. The van der Waals surface area contributed by atoms with Gasteiger partial charge in [0, 0.05) is 30.7 Å². The van der Waals surface area contributed by atoms with Crippen LogP contribution < -0.4 is 14.5 Å². The van der Waals surface area contributed by atoms with Crippen molar-refractivity contribution in [3.8, 4) is 5.75 Å². The Kier molecular flexibility index (Phi) is 6.76. The summed E-state index contributed by atoms with van der Waals surface area (Å²) >= 11 is 0. The molecule has 5 heteroatoms. The van der Waals surface area contributed by atoms with Crippen molar-refractivity contribution in [1.29, 1.82) is 0 Å². The summed E-state index contributed by atoms with van der Waals surface area (Å²) in [5.41, 5.74) is 4.48. The average Bonchev–Trinajstić information content (AvgIpc) is 2.96. The van der Waals surface area contributed by atoms with Crippen molar-refractivity contribution >= 4 is 28.3 Å². The van der Waals surface area contributed by atoms with Crippen molar-refractivity contribution in [3.05, 3.63) is 96.1 Å². The van der Waals surface area contributed by atoms with Crippen molar-refractivity contribution < 1.29 is 9.53 Å². The van der Waals surface area contributed by atoms with E-state index in [0.717, 1.165) is 61.3 Å². The second-order valence-corrected chi connectivity index (χ2v) is 10.2. The zero-order chi connectivity index (χ0) is 25.0. The van der Waals surface area contributed by atoms with Crippen LogP contribution in [0.1, 0.15) is 30.4 Å². The van der Waals surface area contributed by atoms with E-state index in [1.807, 2.05) is 41.3 Å². The van der Waals surface area contributed by atoms with E-state index in [4.69, 9.17) is 9.72 Å². The number of anilines is 2. The molecule has 1 fully saturated rings. The molecule has 188 valence electrons. The van der Waals surface area contributed by atoms with Crippen LogP contribution in [0.25, 0.3) is 10.9 Å². The van der Waals surface area contributed by atoms with Gasteiger partial charge in [-0.1, -0.05) is 60.7 Å². The third-order valence-corrected chi connectivity index (χ3v) is 7.74. The van der Waals surface area contributed by atoms with E-state index in [0.29, 0.717) is 11.7 Å². The highest BCUT2D eigenvalue weighted by atomic mass is 16.5. The van der Waals surface area contributed by atoms with Gasteiger partial charge in [0.05, 0.1) is 0 Å². The lowest BCUT2D eigenvalue weighted by atomic mass is 9.90. The quantitative estimate of drug-likeness (QED) is 0.329. The second kappa shape index (κ2) is 10.6. The fraction of sp³-hybridized carbons (Fsp3) is 0.312. The molecule has 0 atom stereocenters. The van der Waals surface area contributed by atoms with Crippen LogP contribution in [-0.4, -0.2) is 37.1 Å². The Hall–Kier alpha value is -3.86.